The SMILES string of the molecule is CC(COc1ccc(F)cc1F)NC(=O)C1(N)CC1.Cl. The number of carbonyl (C=O) groups is 1. The van der Waals surface area contributed by atoms with Crippen LogP contribution in [0.3, 0.4) is 0 Å². The molecule has 20 heavy (non-hydrogen) atoms. The van der Waals surface area contributed by atoms with E-state index in [1.54, 1.807) is 6.92 Å². The summed E-state index contributed by atoms with van der Waals surface area (Å²) in [5.74, 6) is -1.69. The summed E-state index contributed by atoms with van der Waals surface area (Å²) in [6, 6.07) is 2.76. The van der Waals surface area contributed by atoms with Gasteiger partial charge in [0.05, 0.1) is 11.6 Å². The fourth-order valence-corrected chi connectivity index (χ4v) is 1.58. The number of hydrogen-bond donors (Lipinski definition) is 2. The number of nitrogens with two attached hydrogens (primary N) is 1. The van der Waals surface area contributed by atoms with Gasteiger partial charge in [-0.15, -0.1) is 12.4 Å². The molecule has 0 heterocycles. The highest BCUT2D eigenvalue weighted by Crippen LogP contribution is 2.32. The van der Waals surface area contributed by atoms with Gasteiger partial charge in [0.25, 0.3) is 0 Å². The molecule has 4 nitrogen and oxygen atoms in total. The molecule has 0 saturated heterocycles. The molecule has 1 aliphatic rings. The number of benzene rings is 1. The first kappa shape index (κ1) is 16.7. The molecule has 1 fully saturated rings. The second-order valence-corrected chi connectivity index (χ2v) is 4.92. The van der Waals surface area contributed by atoms with E-state index < -0.39 is 17.2 Å². The summed E-state index contributed by atoms with van der Waals surface area (Å²) in [5, 5.41) is 2.70. The van der Waals surface area contributed by atoms with Crippen molar-refractivity contribution in [3.05, 3.63) is 29.8 Å². The van der Waals surface area contributed by atoms with Crippen LogP contribution in [-0.4, -0.2) is 24.1 Å². The molecule has 1 aromatic rings. The Morgan fingerprint density at radius 1 is 1.50 bits per heavy atom. The van der Waals surface area contributed by atoms with Gasteiger partial charge in [0.1, 0.15) is 12.4 Å². The van der Waals surface area contributed by atoms with Crippen LogP contribution in [0.4, 0.5) is 8.78 Å². The first-order valence-corrected chi connectivity index (χ1v) is 6.08. The molecule has 1 saturated carbocycles. The second kappa shape index (κ2) is 6.37. The van der Waals surface area contributed by atoms with E-state index in [1.807, 2.05) is 0 Å². The second-order valence-electron chi connectivity index (χ2n) is 4.92. The van der Waals surface area contributed by atoms with Gasteiger partial charge >= 0.3 is 0 Å². The quantitative estimate of drug-likeness (QED) is 0.871. The number of halogens is 3. The van der Waals surface area contributed by atoms with Gasteiger partial charge in [-0.25, -0.2) is 8.78 Å². The van der Waals surface area contributed by atoms with Crippen LogP contribution in [0.15, 0.2) is 18.2 Å². The van der Waals surface area contributed by atoms with Gasteiger partial charge in [-0.1, -0.05) is 0 Å². The summed E-state index contributed by atoms with van der Waals surface area (Å²) in [6.07, 6.45) is 1.36. The smallest absolute Gasteiger partial charge is 0.240 e. The van der Waals surface area contributed by atoms with Crippen LogP contribution in [0.25, 0.3) is 0 Å². The third-order valence-corrected chi connectivity index (χ3v) is 3.00. The van der Waals surface area contributed by atoms with Gasteiger partial charge in [0, 0.05) is 6.07 Å². The first-order chi connectivity index (χ1) is 8.90. The molecular weight excluding hydrogens is 290 g/mol. The van der Waals surface area contributed by atoms with Crippen molar-refractivity contribution in [3.63, 3.8) is 0 Å². The van der Waals surface area contributed by atoms with E-state index in [0.717, 1.165) is 12.1 Å². The third-order valence-electron chi connectivity index (χ3n) is 3.00. The van der Waals surface area contributed by atoms with Gasteiger partial charge in [0.2, 0.25) is 5.91 Å². The average Bonchev–Trinajstić information content (AvgIpc) is 3.07. The Bertz CT molecular complexity index is 495. The molecule has 112 valence electrons. The van der Waals surface area contributed by atoms with Crippen molar-refractivity contribution < 1.29 is 18.3 Å². The molecule has 0 aromatic heterocycles. The van der Waals surface area contributed by atoms with E-state index in [4.69, 9.17) is 10.5 Å². The van der Waals surface area contributed by atoms with Gasteiger partial charge in [-0.05, 0) is 31.9 Å². The minimum Gasteiger partial charge on any atom is -0.488 e. The molecular formula is C13H17ClF2N2O2. The number of nitrogens with one attached hydrogen (secondary N) is 1. The van der Waals surface area contributed by atoms with Crippen LogP contribution in [0.5, 0.6) is 5.75 Å². The highest BCUT2D eigenvalue weighted by Gasteiger charge is 2.46. The first-order valence-electron chi connectivity index (χ1n) is 6.08. The maximum absolute atomic E-state index is 13.3. The lowest BCUT2D eigenvalue weighted by Crippen LogP contribution is -2.47. The van der Waals surface area contributed by atoms with Gasteiger partial charge in [0.15, 0.2) is 11.6 Å². The standard InChI is InChI=1S/C13H16F2N2O2.ClH/c1-8(17-12(18)13(16)4-5-13)7-19-11-3-2-9(14)6-10(11)15;/h2-3,6,8H,4-5,7,16H2,1H3,(H,17,18);1H. The molecule has 0 aliphatic heterocycles. The molecule has 1 amide bonds. The lowest BCUT2D eigenvalue weighted by Gasteiger charge is -2.17. The lowest BCUT2D eigenvalue weighted by molar-refractivity contribution is -0.124. The zero-order valence-corrected chi connectivity index (χ0v) is 11.8. The topological polar surface area (TPSA) is 64.3 Å². The van der Waals surface area contributed by atoms with E-state index in [2.05, 4.69) is 5.32 Å². The van der Waals surface area contributed by atoms with Crippen molar-refractivity contribution in [2.45, 2.75) is 31.3 Å². The van der Waals surface area contributed by atoms with E-state index in [0.29, 0.717) is 12.8 Å². The van der Waals surface area contributed by atoms with Crippen LogP contribution in [0.1, 0.15) is 19.8 Å². The number of carbonyl (C=O) groups excluding carboxylic acids is 1. The largest absolute Gasteiger partial charge is 0.488 e. The normalized spacial score (nSPS) is 16.8. The number of rotatable bonds is 5. The Morgan fingerprint density at radius 3 is 2.70 bits per heavy atom. The summed E-state index contributed by atoms with van der Waals surface area (Å²) in [4.78, 5) is 11.6. The summed E-state index contributed by atoms with van der Waals surface area (Å²) in [6.45, 7) is 1.81. The average molecular weight is 307 g/mol. The van der Waals surface area contributed by atoms with Gasteiger partial charge < -0.3 is 15.8 Å². The van der Waals surface area contributed by atoms with Crippen molar-refractivity contribution in [2.24, 2.45) is 5.73 Å². The van der Waals surface area contributed by atoms with Crippen molar-refractivity contribution in [2.75, 3.05) is 6.61 Å². The van der Waals surface area contributed by atoms with Crippen LogP contribution in [0.2, 0.25) is 0 Å². The predicted molar refractivity (Wildman–Crippen MR) is 72.9 cm³/mol. The Labute approximate surface area is 122 Å². The monoisotopic (exact) mass is 306 g/mol. The van der Waals surface area contributed by atoms with E-state index in [9.17, 15) is 13.6 Å². The van der Waals surface area contributed by atoms with Crippen molar-refractivity contribution >= 4 is 18.3 Å². The van der Waals surface area contributed by atoms with Crippen LogP contribution >= 0.6 is 12.4 Å². The van der Waals surface area contributed by atoms with Crippen molar-refractivity contribution in [1.29, 1.82) is 0 Å². The highest BCUT2D eigenvalue weighted by atomic mass is 35.5. The fraction of sp³-hybridized carbons (Fsp3) is 0.462. The van der Waals surface area contributed by atoms with Crippen LogP contribution in [0, 0.1) is 11.6 Å². The molecule has 7 heteroatoms. The van der Waals surface area contributed by atoms with Gasteiger partial charge in [-0.3, -0.25) is 4.79 Å². The molecule has 0 bridgehead atoms. The van der Waals surface area contributed by atoms with Crippen molar-refractivity contribution in [1.82, 2.24) is 5.32 Å². The summed E-state index contributed by atoms with van der Waals surface area (Å²) >= 11 is 0. The van der Waals surface area contributed by atoms with E-state index in [1.165, 1.54) is 6.07 Å². The molecule has 0 radical (unpaired) electrons. The van der Waals surface area contributed by atoms with Crippen LogP contribution < -0.4 is 15.8 Å². The maximum Gasteiger partial charge on any atom is 0.240 e. The van der Waals surface area contributed by atoms with E-state index in [-0.39, 0.29) is 36.7 Å². The van der Waals surface area contributed by atoms with Gasteiger partial charge in [-0.2, -0.15) is 0 Å². The lowest BCUT2D eigenvalue weighted by atomic mass is 10.2. The van der Waals surface area contributed by atoms with Crippen LogP contribution in [-0.2, 0) is 4.79 Å². The Hall–Kier alpha value is -1.40. The highest BCUT2D eigenvalue weighted by molar-refractivity contribution is 5.89. The zero-order chi connectivity index (χ0) is 14.0. The minimum atomic E-state index is -0.768. The summed E-state index contributed by atoms with van der Waals surface area (Å²) in [7, 11) is 0. The molecule has 0 spiro atoms. The molecule has 2 rings (SSSR count). The molecule has 3 N–H and O–H groups in total. The Balaban J connectivity index is 0.00000200. The number of ether oxygens (including phenoxy) is 1. The maximum atomic E-state index is 13.3. The Kier molecular flexibility index (Phi) is 5.30. The molecule has 1 aliphatic carbocycles. The Morgan fingerprint density at radius 2 is 2.15 bits per heavy atom. The summed E-state index contributed by atoms with van der Waals surface area (Å²) < 4.78 is 31.2. The number of amides is 1. The molecule has 1 unspecified atom stereocenters. The molecule has 1 aromatic carbocycles. The predicted octanol–water partition coefficient (Wildman–Crippen LogP) is 1.76. The molecule has 1 atom stereocenters. The zero-order valence-electron chi connectivity index (χ0n) is 11.0. The van der Waals surface area contributed by atoms with E-state index >= 15 is 0 Å². The fourth-order valence-electron chi connectivity index (χ4n) is 1.58. The number of hydrogen-bond acceptors (Lipinski definition) is 3. The van der Waals surface area contributed by atoms with Crippen molar-refractivity contribution in [3.8, 4) is 5.75 Å². The summed E-state index contributed by atoms with van der Waals surface area (Å²) in [5.41, 5.74) is 4.99. The third kappa shape index (κ3) is 4.05. The minimum absolute atomic E-state index is 0.